The number of anilines is 1. The SMILES string of the molecule is C[C@]1(C(=O)NC2CCCCC2)Cn2nc(-c3ccco3)cc2C(=O)N1c1ccccc1F. The van der Waals surface area contributed by atoms with Crippen molar-refractivity contribution in [1.82, 2.24) is 15.1 Å². The molecule has 2 aromatic heterocycles. The summed E-state index contributed by atoms with van der Waals surface area (Å²) >= 11 is 0. The lowest BCUT2D eigenvalue weighted by atomic mass is 9.91. The van der Waals surface area contributed by atoms with Crippen LogP contribution in [0.2, 0.25) is 0 Å². The zero-order valence-electron chi connectivity index (χ0n) is 17.9. The molecule has 2 amide bonds. The van der Waals surface area contributed by atoms with Gasteiger partial charge in [0.15, 0.2) is 5.76 Å². The second kappa shape index (κ2) is 7.93. The minimum absolute atomic E-state index is 0.0587. The number of hydrogen-bond donors (Lipinski definition) is 1. The van der Waals surface area contributed by atoms with E-state index in [9.17, 15) is 14.0 Å². The van der Waals surface area contributed by atoms with Crippen LogP contribution in [0.1, 0.15) is 49.5 Å². The molecule has 0 bridgehead atoms. The first-order valence-corrected chi connectivity index (χ1v) is 11.0. The van der Waals surface area contributed by atoms with E-state index in [4.69, 9.17) is 4.42 Å². The van der Waals surface area contributed by atoms with E-state index in [0.717, 1.165) is 32.1 Å². The molecular formula is C24H25FN4O3. The highest BCUT2D eigenvalue weighted by Crippen LogP contribution is 2.35. The normalized spacial score (nSPS) is 21.4. The third kappa shape index (κ3) is 3.39. The maximum absolute atomic E-state index is 14.9. The first-order chi connectivity index (χ1) is 15.5. The number of hydrogen-bond acceptors (Lipinski definition) is 4. The van der Waals surface area contributed by atoms with Crippen molar-refractivity contribution >= 4 is 17.5 Å². The second-order valence-corrected chi connectivity index (χ2v) is 8.72. The molecule has 0 spiro atoms. The van der Waals surface area contributed by atoms with Gasteiger partial charge in [-0.05, 0) is 44.0 Å². The molecule has 2 aliphatic rings. The van der Waals surface area contributed by atoms with E-state index >= 15 is 0 Å². The summed E-state index contributed by atoms with van der Waals surface area (Å²) in [4.78, 5) is 28.5. The van der Waals surface area contributed by atoms with Gasteiger partial charge < -0.3 is 9.73 Å². The molecule has 32 heavy (non-hydrogen) atoms. The zero-order chi connectivity index (χ0) is 22.3. The molecule has 3 heterocycles. The fraction of sp³-hybridized carbons (Fsp3) is 0.375. The highest BCUT2D eigenvalue weighted by atomic mass is 19.1. The number of aromatic nitrogens is 2. The Balaban J connectivity index is 1.57. The summed E-state index contributed by atoms with van der Waals surface area (Å²) in [7, 11) is 0. The van der Waals surface area contributed by atoms with Gasteiger partial charge in [-0.15, -0.1) is 0 Å². The van der Waals surface area contributed by atoms with E-state index in [0.29, 0.717) is 11.5 Å². The summed E-state index contributed by atoms with van der Waals surface area (Å²) in [5.74, 6) is -0.822. The van der Waals surface area contributed by atoms with Gasteiger partial charge in [0.1, 0.15) is 22.7 Å². The molecule has 7 nitrogen and oxygen atoms in total. The number of carbonyl (C=O) groups excluding carboxylic acids is 2. The van der Waals surface area contributed by atoms with Crippen LogP contribution >= 0.6 is 0 Å². The summed E-state index contributed by atoms with van der Waals surface area (Å²) in [5.41, 5.74) is -0.506. The lowest BCUT2D eigenvalue weighted by Crippen LogP contribution is -2.65. The lowest BCUT2D eigenvalue weighted by Gasteiger charge is -2.44. The molecule has 1 aliphatic heterocycles. The fourth-order valence-electron chi connectivity index (χ4n) is 4.72. The number of rotatable bonds is 4. The van der Waals surface area contributed by atoms with Crippen LogP contribution in [0, 0.1) is 5.82 Å². The van der Waals surface area contributed by atoms with Crippen LogP contribution < -0.4 is 10.2 Å². The maximum Gasteiger partial charge on any atom is 0.277 e. The van der Waals surface area contributed by atoms with Crippen molar-refractivity contribution in [3.63, 3.8) is 0 Å². The Labute approximate surface area is 185 Å². The largest absolute Gasteiger partial charge is 0.463 e. The third-order valence-corrected chi connectivity index (χ3v) is 6.45. The maximum atomic E-state index is 14.9. The van der Waals surface area contributed by atoms with Crippen LogP contribution in [0.15, 0.2) is 53.1 Å². The van der Waals surface area contributed by atoms with Gasteiger partial charge in [0, 0.05) is 12.1 Å². The number of furan rings is 1. The molecule has 1 saturated carbocycles. The molecule has 1 atom stereocenters. The van der Waals surface area contributed by atoms with Gasteiger partial charge in [0.25, 0.3) is 5.91 Å². The Kier molecular flexibility index (Phi) is 5.07. The Morgan fingerprint density at radius 3 is 2.69 bits per heavy atom. The lowest BCUT2D eigenvalue weighted by molar-refractivity contribution is -0.127. The van der Waals surface area contributed by atoms with Gasteiger partial charge >= 0.3 is 0 Å². The van der Waals surface area contributed by atoms with E-state index in [1.165, 1.54) is 28.0 Å². The molecule has 0 unspecified atom stereocenters. The molecule has 1 N–H and O–H groups in total. The predicted octanol–water partition coefficient (Wildman–Crippen LogP) is 4.15. The number of nitrogens with one attached hydrogen (secondary N) is 1. The molecule has 1 fully saturated rings. The van der Waals surface area contributed by atoms with Crippen molar-refractivity contribution in [1.29, 1.82) is 0 Å². The summed E-state index contributed by atoms with van der Waals surface area (Å²) in [6.07, 6.45) is 6.63. The fourth-order valence-corrected chi connectivity index (χ4v) is 4.72. The predicted molar refractivity (Wildman–Crippen MR) is 117 cm³/mol. The van der Waals surface area contributed by atoms with E-state index in [1.54, 1.807) is 37.3 Å². The van der Waals surface area contributed by atoms with Crippen molar-refractivity contribution in [2.24, 2.45) is 0 Å². The topological polar surface area (TPSA) is 80.4 Å². The Morgan fingerprint density at radius 1 is 1.19 bits per heavy atom. The average molecular weight is 436 g/mol. The van der Waals surface area contributed by atoms with Crippen molar-refractivity contribution < 1.29 is 18.4 Å². The molecule has 0 saturated heterocycles. The Morgan fingerprint density at radius 2 is 1.97 bits per heavy atom. The average Bonchev–Trinajstić information content (AvgIpc) is 3.46. The van der Waals surface area contributed by atoms with Gasteiger partial charge in [-0.3, -0.25) is 19.2 Å². The minimum atomic E-state index is -1.35. The molecule has 1 aromatic carbocycles. The molecule has 3 aromatic rings. The third-order valence-electron chi connectivity index (χ3n) is 6.45. The van der Waals surface area contributed by atoms with Gasteiger partial charge in [0.2, 0.25) is 5.91 Å². The molecular weight excluding hydrogens is 411 g/mol. The van der Waals surface area contributed by atoms with Gasteiger partial charge in [-0.25, -0.2) is 4.39 Å². The van der Waals surface area contributed by atoms with E-state index < -0.39 is 17.3 Å². The number of para-hydroxylation sites is 1. The number of fused-ring (bicyclic) bond motifs is 1. The zero-order valence-corrected chi connectivity index (χ0v) is 17.9. The van der Waals surface area contributed by atoms with E-state index in [2.05, 4.69) is 10.4 Å². The van der Waals surface area contributed by atoms with Crippen molar-refractivity contribution in [3.05, 3.63) is 60.2 Å². The van der Waals surface area contributed by atoms with Crippen LogP contribution in [0.3, 0.4) is 0 Å². The monoisotopic (exact) mass is 436 g/mol. The van der Waals surface area contributed by atoms with Crippen LogP contribution in [-0.4, -0.2) is 33.2 Å². The summed E-state index contributed by atoms with van der Waals surface area (Å²) in [6.45, 7) is 1.77. The second-order valence-electron chi connectivity index (χ2n) is 8.72. The minimum Gasteiger partial charge on any atom is -0.463 e. The smallest absolute Gasteiger partial charge is 0.277 e. The van der Waals surface area contributed by atoms with Crippen molar-refractivity contribution in [2.45, 2.75) is 57.2 Å². The summed E-state index contributed by atoms with van der Waals surface area (Å²) < 4.78 is 21.8. The highest BCUT2D eigenvalue weighted by Gasteiger charge is 2.50. The summed E-state index contributed by atoms with van der Waals surface area (Å²) in [5, 5.41) is 7.64. The number of amides is 2. The van der Waals surface area contributed by atoms with Crippen molar-refractivity contribution in [2.75, 3.05) is 4.90 Å². The number of halogens is 1. The van der Waals surface area contributed by atoms with Crippen LogP contribution in [0.5, 0.6) is 0 Å². The quantitative estimate of drug-likeness (QED) is 0.666. The molecule has 166 valence electrons. The van der Waals surface area contributed by atoms with Gasteiger partial charge in [0.05, 0.1) is 18.5 Å². The van der Waals surface area contributed by atoms with Gasteiger partial charge in [-0.1, -0.05) is 31.4 Å². The van der Waals surface area contributed by atoms with E-state index in [-0.39, 0.29) is 29.9 Å². The van der Waals surface area contributed by atoms with E-state index in [1.807, 2.05) is 0 Å². The number of carbonyl (C=O) groups is 2. The number of benzene rings is 1. The summed E-state index contributed by atoms with van der Waals surface area (Å²) in [6, 6.07) is 11.2. The highest BCUT2D eigenvalue weighted by molar-refractivity contribution is 6.12. The molecule has 1 aliphatic carbocycles. The van der Waals surface area contributed by atoms with Crippen LogP contribution in [-0.2, 0) is 11.3 Å². The van der Waals surface area contributed by atoms with Gasteiger partial charge in [-0.2, -0.15) is 5.10 Å². The first kappa shape index (κ1) is 20.5. The first-order valence-electron chi connectivity index (χ1n) is 11.0. The Bertz CT molecular complexity index is 1150. The molecule has 8 heteroatoms. The standard InChI is InChI=1S/C24H25FN4O3/c1-24(23(31)26-16-8-3-2-4-9-16)15-28-20(14-18(27-28)21-12-7-13-32-21)22(30)29(24)19-11-6-5-10-17(19)25/h5-7,10-14,16H,2-4,8-9,15H2,1H3,(H,26,31)/t24-/m1/s1. The molecule has 5 rings (SSSR count). The van der Waals surface area contributed by atoms with Crippen LogP contribution in [0.25, 0.3) is 11.5 Å². The molecule has 0 radical (unpaired) electrons. The number of nitrogens with zero attached hydrogens (tertiary/aromatic N) is 3. The van der Waals surface area contributed by atoms with Crippen LogP contribution in [0.4, 0.5) is 10.1 Å². The van der Waals surface area contributed by atoms with Crippen molar-refractivity contribution in [3.8, 4) is 11.5 Å². The Hall–Kier alpha value is -3.42.